The van der Waals surface area contributed by atoms with Crippen molar-refractivity contribution in [2.75, 3.05) is 0 Å². The van der Waals surface area contributed by atoms with Crippen molar-refractivity contribution in [1.29, 1.82) is 0 Å². The highest BCUT2D eigenvalue weighted by atomic mass is 15.3. The third-order valence-corrected chi connectivity index (χ3v) is 3.53. The summed E-state index contributed by atoms with van der Waals surface area (Å²) < 4.78 is 1.93. The maximum absolute atomic E-state index is 4.74. The molecule has 110 valence electrons. The highest BCUT2D eigenvalue weighted by Gasteiger charge is 2.15. The van der Waals surface area contributed by atoms with E-state index in [1.807, 2.05) is 10.7 Å². The predicted molar refractivity (Wildman–Crippen MR) is 85.2 cm³/mol. The average molecular weight is 283 g/mol. The molecule has 3 N–H and O–H groups in total. The van der Waals surface area contributed by atoms with Crippen molar-refractivity contribution in [2.45, 2.75) is 33.6 Å². The Bertz CT molecular complexity index is 760. The zero-order chi connectivity index (χ0) is 14.1. The van der Waals surface area contributed by atoms with Gasteiger partial charge in [-0.25, -0.2) is 14.6 Å². The van der Waals surface area contributed by atoms with Gasteiger partial charge < -0.3 is 6.15 Å². The monoisotopic (exact) mass is 283 g/mol. The van der Waals surface area contributed by atoms with E-state index in [0.717, 1.165) is 41.0 Å². The molecule has 0 unspecified atom stereocenters. The van der Waals surface area contributed by atoms with Crippen LogP contribution in [0.1, 0.15) is 30.8 Å². The summed E-state index contributed by atoms with van der Waals surface area (Å²) in [7, 11) is 0. The molecule has 0 bridgehead atoms. The topological polar surface area (TPSA) is 78.6 Å². The van der Waals surface area contributed by atoms with Crippen molar-refractivity contribution in [2.24, 2.45) is 0 Å². The molecule has 0 spiro atoms. The van der Waals surface area contributed by atoms with Crippen LogP contribution in [0.25, 0.3) is 16.7 Å². The highest BCUT2D eigenvalue weighted by Crippen LogP contribution is 2.23. The maximum Gasteiger partial charge on any atom is 0.166 e. The number of fused-ring (bicyclic) bond motifs is 1. The number of hydrogen-bond acceptors (Lipinski definition) is 4. The number of aromatic nitrogens is 4. The van der Waals surface area contributed by atoms with Crippen molar-refractivity contribution >= 4 is 11.0 Å². The van der Waals surface area contributed by atoms with Gasteiger partial charge in [-0.15, -0.1) is 0 Å². The first-order chi connectivity index (χ1) is 9.74. The molecule has 2 aromatic heterocycles. The summed E-state index contributed by atoms with van der Waals surface area (Å²) in [5.41, 5.74) is 5.31. The molecule has 0 radical (unpaired) electrons. The van der Waals surface area contributed by atoms with E-state index in [9.17, 15) is 0 Å². The van der Waals surface area contributed by atoms with Crippen molar-refractivity contribution in [3.05, 3.63) is 47.5 Å². The molecule has 5 heteroatoms. The Labute approximate surface area is 124 Å². The lowest BCUT2D eigenvalue weighted by molar-refractivity contribution is 0.853. The number of rotatable bonds is 3. The summed E-state index contributed by atoms with van der Waals surface area (Å²) in [5.74, 6) is 0. The van der Waals surface area contributed by atoms with Crippen LogP contribution in [0.5, 0.6) is 0 Å². The Morgan fingerprint density at radius 3 is 2.48 bits per heavy atom. The summed E-state index contributed by atoms with van der Waals surface area (Å²) in [6.45, 7) is 6.32. The van der Waals surface area contributed by atoms with Gasteiger partial charge in [-0.05, 0) is 37.5 Å². The Morgan fingerprint density at radius 1 is 1.05 bits per heavy atom. The van der Waals surface area contributed by atoms with Gasteiger partial charge in [0.05, 0.1) is 22.5 Å². The SMILES string of the molecule is CCc1ncnc2c1c(CC)nn2-c1cccc(C)c1.N. The van der Waals surface area contributed by atoms with Crippen LogP contribution in [0.3, 0.4) is 0 Å². The van der Waals surface area contributed by atoms with Gasteiger partial charge in [0.25, 0.3) is 0 Å². The van der Waals surface area contributed by atoms with E-state index in [-0.39, 0.29) is 6.15 Å². The second-order valence-electron chi connectivity index (χ2n) is 4.92. The van der Waals surface area contributed by atoms with E-state index in [2.05, 4.69) is 48.9 Å². The molecule has 0 aliphatic heterocycles. The summed E-state index contributed by atoms with van der Waals surface area (Å²) in [6, 6.07) is 8.32. The summed E-state index contributed by atoms with van der Waals surface area (Å²) in [4.78, 5) is 8.85. The lowest BCUT2D eigenvalue weighted by atomic mass is 10.1. The number of benzene rings is 1. The van der Waals surface area contributed by atoms with E-state index in [4.69, 9.17) is 5.10 Å². The smallest absolute Gasteiger partial charge is 0.166 e. The predicted octanol–water partition coefficient (Wildman–Crippen LogP) is 3.41. The third kappa shape index (κ3) is 2.52. The molecular weight excluding hydrogens is 262 g/mol. The minimum absolute atomic E-state index is 0. The Morgan fingerprint density at radius 2 is 1.81 bits per heavy atom. The van der Waals surface area contributed by atoms with Crippen LogP contribution in [-0.2, 0) is 12.8 Å². The summed E-state index contributed by atoms with van der Waals surface area (Å²) in [5, 5.41) is 5.85. The number of aryl methyl sites for hydroxylation is 3. The summed E-state index contributed by atoms with van der Waals surface area (Å²) in [6.07, 6.45) is 3.41. The molecule has 21 heavy (non-hydrogen) atoms. The first kappa shape index (κ1) is 15.1. The molecule has 3 rings (SSSR count). The average Bonchev–Trinajstić information content (AvgIpc) is 2.86. The fraction of sp³-hybridized carbons (Fsp3) is 0.312. The van der Waals surface area contributed by atoms with Crippen molar-refractivity contribution in [3.63, 3.8) is 0 Å². The standard InChI is InChI=1S/C16H18N4.H3N/c1-4-13-15-14(5-2)19-20(16(15)18-10-17-13)12-8-6-7-11(3)9-12;/h6-10H,4-5H2,1-3H3;1H3. The Balaban J connectivity index is 0.00000161. The minimum atomic E-state index is 0. The van der Waals surface area contributed by atoms with Crippen LogP contribution in [0.2, 0.25) is 0 Å². The van der Waals surface area contributed by atoms with Gasteiger partial charge in [-0.1, -0.05) is 26.0 Å². The van der Waals surface area contributed by atoms with Gasteiger partial charge in [-0.2, -0.15) is 5.10 Å². The van der Waals surface area contributed by atoms with Crippen molar-refractivity contribution < 1.29 is 0 Å². The molecule has 0 saturated heterocycles. The second kappa shape index (κ2) is 6.01. The van der Waals surface area contributed by atoms with E-state index >= 15 is 0 Å². The molecular formula is C16H21N5. The van der Waals surface area contributed by atoms with E-state index in [0.29, 0.717) is 0 Å². The first-order valence-corrected chi connectivity index (χ1v) is 7.03. The van der Waals surface area contributed by atoms with Gasteiger partial charge in [0.2, 0.25) is 0 Å². The minimum Gasteiger partial charge on any atom is -0.344 e. The van der Waals surface area contributed by atoms with Crippen LogP contribution in [0, 0.1) is 6.92 Å². The van der Waals surface area contributed by atoms with Gasteiger partial charge >= 0.3 is 0 Å². The summed E-state index contributed by atoms with van der Waals surface area (Å²) >= 11 is 0. The van der Waals surface area contributed by atoms with E-state index in [1.165, 1.54) is 5.56 Å². The Hall–Kier alpha value is -2.27. The zero-order valence-corrected chi connectivity index (χ0v) is 12.8. The van der Waals surface area contributed by atoms with Crippen molar-refractivity contribution in [1.82, 2.24) is 25.9 Å². The van der Waals surface area contributed by atoms with Crippen molar-refractivity contribution in [3.8, 4) is 5.69 Å². The van der Waals surface area contributed by atoms with Crippen LogP contribution in [-0.4, -0.2) is 19.7 Å². The largest absolute Gasteiger partial charge is 0.344 e. The van der Waals surface area contributed by atoms with E-state index in [1.54, 1.807) is 6.33 Å². The first-order valence-electron chi connectivity index (χ1n) is 7.03. The fourth-order valence-corrected chi connectivity index (χ4v) is 2.54. The third-order valence-electron chi connectivity index (χ3n) is 3.53. The molecule has 0 aliphatic carbocycles. The zero-order valence-electron chi connectivity index (χ0n) is 12.8. The van der Waals surface area contributed by atoms with Crippen LogP contribution < -0.4 is 6.15 Å². The highest BCUT2D eigenvalue weighted by molar-refractivity contribution is 5.82. The molecule has 2 heterocycles. The molecule has 0 amide bonds. The second-order valence-corrected chi connectivity index (χ2v) is 4.92. The molecule has 5 nitrogen and oxygen atoms in total. The molecule has 0 saturated carbocycles. The van der Waals surface area contributed by atoms with Crippen LogP contribution >= 0.6 is 0 Å². The van der Waals surface area contributed by atoms with E-state index < -0.39 is 0 Å². The van der Waals surface area contributed by atoms with Gasteiger partial charge in [-0.3, -0.25) is 0 Å². The number of nitrogens with zero attached hydrogens (tertiary/aromatic N) is 4. The molecule has 0 atom stereocenters. The number of hydrogen-bond donors (Lipinski definition) is 1. The molecule has 0 fully saturated rings. The Kier molecular flexibility index (Phi) is 4.33. The van der Waals surface area contributed by atoms with Crippen LogP contribution in [0.15, 0.2) is 30.6 Å². The fourth-order valence-electron chi connectivity index (χ4n) is 2.54. The quantitative estimate of drug-likeness (QED) is 0.799. The lowest BCUT2D eigenvalue weighted by Gasteiger charge is -2.04. The van der Waals surface area contributed by atoms with Gasteiger partial charge in [0.15, 0.2) is 5.65 Å². The normalized spacial score (nSPS) is 10.6. The lowest BCUT2D eigenvalue weighted by Crippen LogP contribution is -1.99. The molecule has 1 aromatic carbocycles. The maximum atomic E-state index is 4.74. The van der Waals surface area contributed by atoms with Gasteiger partial charge in [0, 0.05) is 0 Å². The molecule has 0 aliphatic rings. The van der Waals surface area contributed by atoms with Gasteiger partial charge in [0.1, 0.15) is 6.33 Å². The van der Waals surface area contributed by atoms with Crippen LogP contribution in [0.4, 0.5) is 0 Å². The molecule has 3 aromatic rings.